The van der Waals surface area contributed by atoms with Gasteiger partial charge in [0.1, 0.15) is 12.3 Å². The van der Waals surface area contributed by atoms with Crippen LogP contribution in [0.15, 0.2) is 42.5 Å². The Bertz CT molecular complexity index is 955. The van der Waals surface area contributed by atoms with Crippen molar-refractivity contribution in [2.75, 3.05) is 32.8 Å². The molecule has 0 atom stereocenters. The predicted molar refractivity (Wildman–Crippen MR) is 95.4 cm³/mol. The number of aromatic amines is 1. The molecule has 0 aliphatic carbocycles. The number of carbonyl (C=O) groups excluding carboxylic acids is 2. The number of hydrogen-bond donors (Lipinski definition) is 2. The largest absolute Gasteiger partial charge is 0.387 e. The van der Waals surface area contributed by atoms with Gasteiger partial charge in [0.25, 0.3) is 5.91 Å². The Hall–Kier alpha value is -2.86. The van der Waals surface area contributed by atoms with Crippen molar-refractivity contribution in [3.63, 3.8) is 0 Å². The molecule has 2 heterocycles. The number of nitrogens with zero attached hydrogens (tertiary/aromatic N) is 2. The summed E-state index contributed by atoms with van der Waals surface area (Å²) < 4.78 is 0. The molecule has 6 nitrogen and oxygen atoms in total. The van der Waals surface area contributed by atoms with Gasteiger partial charge in [0.05, 0.1) is 0 Å². The van der Waals surface area contributed by atoms with E-state index in [4.69, 9.17) is 5.11 Å². The van der Waals surface area contributed by atoms with Gasteiger partial charge in [-0.1, -0.05) is 30.3 Å². The van der Waals surface area contributed by atoms with Crippen LogP contribution < -0.4 is 0 Å². The lowest BCUT2D eigenvalue weighted by atomic mass is 10.1. The van der Waals surface area contributed by atoms with Gasteiger partial charge in [-0.2, -0.15) is 0 Å². The second kappa shape index (κ2) is 6.22. The van der Waals surface area contributed by atoms with E-state index >= 15 is 0 Å². The highest BCUT2D eigenvalue weighted by Crippen LogP contribution is 2.26. The Kier molecular flexibility index (Phi) is 3.89. The minimum atomic E-state index is -0.483. The number of aliphatic hydroxyl groups is 1. The van der Waals surface area contributed by atoms with E-state index in [-0.39, 0.29) is 11.8 Å². The Morgan fingerprint density at radius 1 is 0.960 bits per heavy atom. The minimum Gasteiger partial charge on any atom is -0.387 e. The molecule has 1 aromatic heterocycles. The first-order valence-electron chi connectivity index (χ1n) is 8.36. The zero-order chi connectivity index (χ0) is 17.4. The summed E-state index contributed by atoms with van der Waals surface area (Å²) in [4.78, 5) is 30.9. The number of H-pyrrole nitrogens is 1. The van der Waals surface area contributed by atoms with Crippen molar-refractivity contribution in [3.05, 3.63) is 48.2 Å². The van der Waals surface area contributed by atoms with E-state index in [9.17, 15) is 9.59 Å². The molecule has 1 saturated heterocycles. The highest BCUT2D eigenvalue weighted by Gasteiger charge is 2.25. The summed E-state index contributed by atoms with van der Waals surface area (Å²) in [6, 6.07) is 14.0. The number of nitrogens with one attached hydrogen (secondary N) is 1. The number of aliphatic hydroxyl groups excluding tert-OH is 1. The van der Waals surface area contributed by atoms with Gasteiger partial charge < -0.3 is 19.9 Å². The molecule has 2 aromatic carbocycles. The molecule has 1 aliphatic rings. The van der Waals surface area contributed by atoms with Crippen LogP contribution in [0.2, 0.25) is 0 Å². The Balaban J connectivity index is 1.59. The summed E-state index contributed by atoms with van der Waals surface area (Å²) in [5.41, 5.74) is 1.50. The average molecular weight is 337 g/mol. The van der Waals surface area contributed by atoms with Crippen LogP contribution in [0.5, 0.6) is 0 Å². The van der Waals surface area contributed by atoms with Crippen molar-refractivity contribution in [1.29, 1.82) is 0 Å². The first-order chi connectivity index (χ1) is 12.2. The summed E-state index contributed by atoms with van der Waals surface area (Å²) in [6.45, 7) is 1.37. The molecule has 2 N–H and O–H groups in total. The number of amides is 2. The number of piperazine rings is 1. The van der Waals surface area contributed by atoms with Gasteiger partial charge in [-0.3, -0.25) is 9.59 Å². The van der Waals surface area contributed by atoms with E-state index in [0.717, 1.165) is 21.7 Å². The molecule has 3 aromatic rings. The van der Waals surface area contributed by atoms with Gasteiger partial charge in [0, 0.05) is 37.1 Å². The van der Waals surface area contributed by atoms with E-state index in [1.165, 1.54) is 0 Å². The van der Waals surface area contributed by atoms with E-state index in [2.05, 4.69) is 17.1 Å². The molecule has 2 amide bonds. The van der Waals surface area contributed by atoms with Crippen LogP contribution in [0.1, 0.15) is 10.5 Å². The van der Waals surface area contributed by atoms with Crippen LogP contribution in [0.25, 0.3) is 21.7 Å². The SMILES string of the molecule is O=C(CO)N1CCN(C(=O)c2cc3c(ccc4ccccc43)[nH]2)CC1. The second-order valence-electron chi connectivity index (χ2n) is 6.26. The van der Waals surface area contributed by atoms with Gasteiger partial charge in [0.15, 0.2) is 0 Å². The summed E-state index contributed by atoms with van der Waals surface area (Å²) >= 11 is 0. The van der Waals surface area contributed by atoms with Crippen molar-refractivity contribution in [3.8, 4) is 0 Å². The third-order valence-electron chi connectivity index (χ3n) is 4.81. The van der Waals surface area contributed by atoms with Gasteiger partial charge in [0.2, 0.25) is 5.91 Å². The van der Waals surface area contributed by atoms with E-state index in [1.54, 1.807) is 9.80 Å². The molecule has 0 saturated carbocycles. The number of hydrogen-bond acceptors (Lipinski definition) is 3. The molecular formula is C19H19N3O3. The summed E-state index contributed by atoms with van der Waals surface area (Å²) in [5, 5.41) is 12.2. The predicted octanol–water partition coefficient (Wildman–Crippen LogP) is 1.60. The fraction of sp³-hybridized carbons (Fsp3) is 0.263. The zero-order valence-corrected chi connectivity index (χ0v) is 13.7. The second-order valence-corrected chi connectivity index (χ2v) is 6.26. The quantitative estimate of drug-likeness (QED) is 0.746. The van der Waals surface area contributed by atoms with Crippen molar-refractivity contribution >= 4 is 33.5 Å². The molecule has 25 heavy (non-hydrogen) atoms. The minimum absolute atomic E-state index is 0.0589. The summed E-state index contributed by atoms with van der Waals surface area (Å²) in [5.74, 6) is -0.347. The van der Waals surface area contributed by atoms with Crippen LogP contribution >= 0.6 is 0 Å². The third-order valence-corrected chi connectivity index (χ3v) is 4.81. The maximum atomic E-state index is 12.8. The monoisotopic (exact) mass is 337 g/mol. The van der Waals surface area contributed by atoms with Crippen molar-refractivity contribution in [2.24, 2.45) is 0 Å². The fourth-order valence-corrected chi connectivity index (χ4v) is 3.43. The molecule has 1 aliphatic heterocycles. The van der Waals surface area contributed by atoms with Crippen LogP contribution in [-0.4, -0.2) is 64.5 Å². The molecule has 4 rings (SSSR count). The van der Waals surface area contributed by atoms with Crippen LogP contribution in [0, 0.1) is 0 Å². The Labute approximate surface area is 144 Å². The number of carbonyl (C=O) groups is 2. The Morgan fingerprint density at radius 3 is 2.44 bits per heavy atom. The molecule has 0 unspecified atom stereocenters. The molecule has 6 heteroatoms. The first-order valence-corrected chi connectivity index (χ1v) is 8.36. The van der Waals surface area contributed by atoms with E-state index in [1.807, 2.05) is 30.3 Å². The average Bonchev–Trinajstić information content (AvgIpc) is 3.11. The lowest BCUT2D eigenvalue weighted by Crippen LogP contribution is -2.51. The van der Waals surface area contributed by atoms with Crippen molar-refractivity contribution in [2.45, 2.75) is 0 Å². The standard InChI is InChI=1S/C19H19N3O3/c23-12-18(24)21-7-9-22(10-8-21)19(25)17-11-15-14-4-2-1-3-13(14)5-6-16(15)20-17/h1-6,11,20,23H,7-10,12H2. The molecule has 128 valence electrons. The van der Waals surface area contributed by atoms with Crippen LogP contribution in [0.3, 0.4) is 0 Å². The van der Waals surface area contributed by atoms with Gasteiger partial charge in [-0.25, -0.2) is 0 Å². The number of benzene rings is 2. The topological polar surface area (TPSA) is 76.6 Å². The molecule has 0 bridgehead atoms. The number of rotatable bonds is 2. The normalized spacial score (nSPS) is 15.1. The maximum absolute atomic E-state index is 12.8. The molecule has 0 spiro atoms. The maximum Gasteiger partial charge on any atom is 0.270 e. The zero-order valence-electron chi connectivity index (χ0n) is 13.7. The lowest BCUT2D eigenvalue weighted by Gasteiger charge is -2.34. The molecular weight excluding hydrogens is 318 g/mol. The lowest BCUT2D eigenvalue weighted by molar-refractivity contribution is -0.135. The van der Waals surface area contributed by atoms with Crippen LogP contribution in [-0.2, 0) is 4.79 Å². The highest BCUT2D eigenvalue weighted by molar-refractivity contribution is 6.09. The van der Waals surface area contributed by atoms with Gasteiger partial charge in [-0.05, 0) is 22.9 Å². The fourth-order valence-electron chi connectivity index (χ4n) is 3.43. The Morgan fingerprint density at radius 2 is 1.68 bits per heavy atom. The van der Waals surface area contributed by atoms with Gasteiger partial charge in [-0.15, -0.1) is 0 Å². The molecule has 0 radical (unpaired) electrons. The number of fused-ring (bicyclic) bond motifs is 3. The van der Waals surface area contributed by atoms with Crippen LogP contribution in [0.4, 0.5) is 0 Å². The van der Waals surface area contributed by atoms with Crippen molar-refractivity contribution < 1.29 is 14.7 Å². The summed E-state index contributed by atoms with van der Waals surface area (Å²) in [6.07, 6.45) is 0. The highest BCUT2D eigenvalue weighted by atomic mass is 16.3. The first kappa shape index (κ1) is 15.7. The smallest absolute Gasteiger partial charge is 0.270 e. The van der Waals surface area contributed by atoms with E-state index in [0.29, 0.717) is 31.9 Å². The van der Waals surface area contributed by atoms with Gasteiger partial charge >= 0.3 is 0 Å². The summed E-state index contributed by atoms with van der Waals surface area (Å²) in [7, 11) is 0. The van der Waals surface area contributed by atoms with Crippen molar-refractivity contribution in [1.82, 2.24) is 14.8 Å². The molecule has 1 fully saturated rings. The third kappa shape index (κ3) is 2.74. The van der Waals surface area contributed by atoms with E-state index < -0.39 is 6.61 Å². The number of aromatic nitrogens is 1.